The fraction of sp³-hybridized carbons (Fsp3) is 0.500. The molecule has 1 atom stereocenters. The summed E-state index contributed by atoms with van der Waals surface area (Å²) in [4.78, 5) is 6.19. The molecular formula is C14H18F3N3. The van der Waals surface area contributed by atoms with E-state index in [1.165, 1.54) is 12.1 Å². The van der Waals surface area contributed by atoms with Gasteiger partial charge in [-0.05, 0) is 31.0 Å². The van der Waals surface area contributed by atoms with Crippen LogP contribution in [0.15, 0.2) is 29.3 Å². The number of benzene rings is 1. The second kappa shape index (κ2) is 5.00. The maximum Gasteiger partial charge on any atom is 0.416 e. The lowest BCUT2D eigenvalue weighted by molar-refractivity contribution is -0.137. The zero-order valence-electron chi connectivity index (χ0n) is 11.5. The molecule has 0 fully saturated rings. The topological polar surface area (TPSA) is 41.6 Å². The highest BCUT2D eigenvalue weighted by Gasteiger charge is 2.39. The molecule has 0 aliphatic carbocycles. The first-order chi connectivity index (χ1) is 9.29. The van der Waals surface area contributed by atoms with E-state index in [1.54, 1.807) is 0 Å². The van der Waals surface area contributed by atoms with Crippen molar-refractivity contribution in [1.29, 1.82) is 0 Å². The molecule has 3 nitrogen and oxygen atoms in total. The van der Waals surface area contributed by atoms with Gasteiger partial charge in [0.25, 0.3) is 0 Å². The van der Waals surface area contributed by atoms with Crippen molar-refractivity contribution in [3.05, 3.63) is 35.4 Å². The fourth-order valence-electron chi connectivity index (χ4n) is 2.51. The third kappa shape index (κ3) is 2.46. The van der Waals surface area contributed by atoms with Gasteiger partial charge in [-0.2, -0.15) is 13.2 Å². The molecule has 0 saturated carbocycles. The van der Waals surface area contributed by atoms with Crippen LogP contribution >= 0.6 is 0 Å². The Morgan fingerprint density at radius 3 is 2.40 bits per heavy atom. The van der Waals surface area contributed by atoms with Gasteiger partial charge in [-0.3, -0.25) is 4.99 Å². The predicted molar refractivity (Wildman–Crippen MR) is 72.3 cm³/mol. The summed E-state index contributed by atoms with van der Waals surface area (Å²) >= 11 is 0. The largest absolute Gasteiger partial charge is 0.416 e. The minimum atomic E-state index is -4.31. The van der Waals surface area contributed by atoms with Crippen molar-refractivity contribution in [3.63, 3.8) is 0 Å². The molecule has 0 spiro atoms. The van der Waals surface area contributed by atoms with Crippen LogP contribution in [0.2, 0.25) is 0 Å². The van der Waals surface area contributed by atoms with Crippen molar-refractivity contribution >= 4 is 5.96 Å². The van der Waals surface area contributed by atoms with Gasteiger partial charge < -0.3 is 10.6 Å². The van der Waals surface area contributed by atoms with Gasteiger partial charge in [0.15, 0.2) is 5.96 Å². The summed E-state index contributed by atoms with van der Waals surface area (Å²) in [5, 5.41) is 0. The second-order valence-corrected chi connectivity index (χ2v) is 5.18. The third-order valence-corrected chi connectivity index (χ3v) is 3.70. The van der Waals surface area contributed by atoms with Gasteiger partial charge in [-0.15, -0.1) is 0 Å². The Labute approximate surface area is 116 Å². The molecule has 0 aromatic heterocycles. The van der Waals surface area contributed by atoms with E-state index in [0.29, 0.717) is 12.5 Å². The van der Waals surface area contributed by atoms with Crippen LogP contribution in [-0.2, 0) is 11.7 Å². The van der Waals surface area contributed by atoms with Gasteiger partial charge in [-0.1, -0.05) is 19.1 Å². The molecule has 1 aliphatic heterocycles. The second-order valence-electron chi connectivity index (χ2n) is 5.18. The van der Waals surface area contributed by atoms with E-state index in [-0.39, 0.29) is 0 Å². The molecule has 110 valence electrons. The van der Waals surface area contributed by atoms with E-state index < -0.39 is 17.3 Å². The van der Waals surface area contributed by atoms with Crippen LogP contribution < -0.4 is 5.73 Å². The number of hydrogen-bond donors (Lipinski definition) is 1. The third-order valence-electron chi connectivity index (χ3n) is 3.70. The van der Waals surface area contributed by atoms with Crippen molar-refractivity contribution in [2.75, 3.05) is 13.1 Å². The van der Waals surface area contributed by atoms with Crippen LogP contribution in [0.1, 0.15) is 31.4 Å². The monoisotopic (exact) mass is 285 g/mol. The summed E-state index contributed by atoms with van der Waals surface area (Å²) in [5.74, 6) is 0.453. The highest BCUT2D eigenvalue weighted by Crippen LogP contribution is 2.35. The number of nitrogens with zero attached hydrogens (tertiary/aromatic N) is 2. The maximum atomic E-state index is 12.6. The highest BCUT2D eigenvalue weighted by molar-refractivity contribution is 5.81. The van der Waals surface area contributed by atoms with Gasteiger partial charge >= 0.3 is 6.18 Å². The summed E-state index contributed by atoms with van der Waals surface area (Å²) in [6, 6.07) is 5.25. The van der Waals surface area contributed by atoms with E-state index in [2.05, 4.69) is 4.99 Å². The SMILES string of the molecule is CCCN1C(N)=NCC1(C)c1ccc(C(F)(F)F)cc1. The van der Waals surface area contributed by atoms with Crippen LogP contribution in [0.3, 0.4) is 0 Å². The highest BCUT2D eigenvalue weighted by atomic mass is 19.4. The molecule has 0 radical (unpaired) electrons. The first kappa shape index (κ1) is 14.7. The first-order valence-electron chi connectivity index (χ1n) is 6.54. The Balaban J connectivity index is 2.31. The minimum absolute atomic E-state index is 0.453. The van der Waals surface area contributed by atoms with Crippen LogP contribution in [-0.4, -0.2) is 23.9 Å². The molecule has 0 bridgehead atoms. The van der Waals surface area contributed by atoms with Crippen molar-refractivity contribution in [2.24, 2.45) is 10.7 Å². The molecule has 1 aromatic rings. The molecule has 6 heteroatoms. The van der Waals surface area contributed by atoms with Gasteiger partial charge in [-0.25, -0.2) is 0 Å². The minimum Gasteiger partial charge on any atom is -0.370 e. The Bertz CT molecular complexity index is 507. The number of aliphatic imine (C=N–C) groups is 1. The van der Waals surface area contributed by atoms with Gasteiger partial charge in [0, 0.05) is 6.54 Å². The van der Waals surface area contributed by atoms with Crippen LogP contribution in [0.4, 0.5) is 13.2 Å². The summed E-state index contributed by atoms with van der Waals surface area (Å²) in [7, 11) is 0. The number of guanidine groups is 1. The zero-order valence-corrected chi connectivity index (χ0v) is 11.5. The Hall–Kier alpha value is -1.72. The summed E-state index contributed by atoms with van der Waals surface area (Å²) in [6.07, 6.45) is -3.42. The summed E-state index contributed by atoms with van der Waals surface area (Å²) < 4.78 is 37.8. The molecule has 0 amide bonds. The predicted octanol–water partition coefficient (Wildman–Crippen LogP) is 2.96. The lowest BCUT2D eigenvalue weighted by Crippen LogP contribution is -2.47. The lowest BCUT2D eigenvalue weighted by Gasteiger charge is -2.36. The van der Waals surface area contributed by atoms with Gasteiger partial charge in [0.2, 0.25) is 0 Å². The molecular weight excluding hydrogens is 267 g/mol. The molecule has 2 rings (SSSR count). The molecule has 0 saturated heterocycles. The van der Waals surface area contributed by atoms with E-state index in [0.717, 1.165) is 30.7 Å². The maximum absolute atomic E-state index is 12.6. The van der Waals surface area contributed by atoms with E-state index in [9.17, 15) is 13.2 Å². The number of alkyl halides is 3. The van der Waals surface area contributed by atoms with Crippen molar-refractivity contribution in [3.8, 4) is 0 Å². The van der Waals surface area contributed by atoms with Gasteiger partial charge in [0.1, 0.15) is 0 Å². The average Bonchev–Trinajstić information content (AvgIpc) is 2.68. The summed E-state index contributed by atoms with van der Waals surface area (Å²) in [5.41, 5.74) is 5.56. The normalized spacial score (nSPS) is 23.1. The molecule has 1 unspecified atom stereocenters. The van der Waals surface area contributed by atoms with Crippen molar-refractivity contribution in [1.82, 2.24) is 4.90 Å². The molecule has 20 heavy (non-hydrogen) atoms. The van der Waals surface area contributed by atoms with Gasteiger partial charge in [0.05, 0.1) is 17.6 Å². The van der Waals surface area contributed by atoms with Crippen LogP contribution in [0.25, 0.3) is 0 Å². The van der Waals surface area contributed by atoms with E-state index in [1.807, 2.05) is 18.7 Å². The number of rotatable bonds is 3. The molecule has 1 aliphatic rings. The van der Waals surface area contributed by atoms with Crippen LogP contribution in [0, 0.1) is 0 Å². The molecule has 2 N–H and O–H groups in total. The number of hydrogen-bond acceptors (Lipinski definition) is 3. The zero-order chi connectivity index (χ0) is 15.0. The average molecular weight is 285 g/mol. The Morgan fingerprint density at radius 1 is 1.30 bits per heavy atom. The quantitative estimate of drug-likeness (QED) is 0.927. The standard InChI is InChI=1S/C14H18F3N3/c1-3-8-20-12(18)19-9-13(20,2)10-4-6-11(7-5-10)14(15,16)17/h4-7H,3,8-9H2,1-2H3,(H2,18,19). The Kier molecular flexibility index (Phi) is 3.67. The summed E-state index contributed by atoms with van der Waals surface area (Å²) in [6.45, 7) is 5.17. The number of nitrogens with two attached hydrogens (primary N) is 1. The van der Waals surface area contributed by atoms with E-state index >= 15 is 0 Å². The Morgan fingerprint density at radius 2 is 1.90 bits per heavy atom. The fourth-order valence-corrected chi connectivity index (χ4v) is 2.51. The van der Waals surface area contributed by atoms with Crippen LogP contribution in [0.5, 0.6) is 0 Å². The smallest absolute Gasteiger partial charge is 0.370 e. The lowest BCUT2D eigenvalue weighted by atomic mass is 9.90. The molecule has 1 aromatic carbocycles. The van der Waals surface area contributed by atoms with Crippen molar-refractivity contribution in [2.45, 2.75) is 32.0 Å². The van der Waals surface area contributed by atoms with Crippen molar-refractivity contribution < 1.29 is 13.2 Å². The molecule has 1 heterocycles. The number of halogens is 3. The first-order valence-corrected chi connectivity index (χ1v) is 6.54. The van der Waals surface area contributed by atoms with E-state index in [4.69, 9.17) is 5.73 Å².